The highest BCUT2D eigenvalue weighted by atomic mass is 79.9. The first-order chi connectivity index (χ1) is 11.0. The molecule has 0 saturated carbocycles. The smallest absolute Gasteiger partial charge is 0.339 e. The highest BCUT2D eigenvalue weighted by molar-refractivity contribution is 9.10. The van der Waals surface area contributed by atoms with E-state index in [-0.39, 0.29) is 12.5 Å². The van der Waals surface area contributed by atoms with Gasteiger partial charge in [0.15, 0.2) is 4.67 Å². The number of amides is 1. The lowest BCUT2D eigenvalue weighted by Crippen LogP contribution is -2.30. The number of halogens is 1. The van der Waals surface area contributed by atoms with Crippen molar-refractivity contribution in [1.29, 1.82) is 0 Å². The topological polar surface area (TPSA) is 71.8 Å². The van der Waals surface area contributed by atoms with Gasteiger partial charge in [0.25, 0.3) is 0 Å². The summed E-state index contributed by atoms with van der Waals surface area (Å²) in [5, 5.41) is 2.73. The number of hydrogen-bond acceptors (Lipinski definition) is 5. The Labute approximate surface area is 142 Å². The average molecular weight is 381 g/mol. The molecule has 0 radical (unpaired) electrons. The third-order valence-corrected chi connectivity index (χ3v) is 3.50. The van der Waals surface area contributed by atoms with Crippen LogP contribution in [-0.2, 0) is 16.1 Å². The van der Waals surface area contributed by atoms with Gasteiger partial charge >= 0.3 is 5.97 Å². The summed E-state index contributed by atoms with van der Waals surface area (Å²) in [6.07, 6.45) is 0. The molecule has 0 fully saturated rings. The number of carbonyl (C=O) groups excluding carboxylic acids is 2. The lowest BCUT2D eigenvalue weighted by atomic mass is 10.2. The van der Waals surface area contributed by atoms with Gasteiger partial charge in [-0.1, -0.05) is 12.1 Å². The molecule has 0 atom stereocenters. The molecular weight excluding hydrogens is 364 g/mol. The molecule has 0 saturated heterocycles. The minimum Gasteiger partial charge on any atom is -0.465 e. The molecule has 1 aromatic heterocycles. The van der Waals surface area contributed by atoms with Gasteiger partial charge in [0, 0.05) is 0 Å². The Morgan fingerprint density at radius 2 is 2.00 bits per heavy atom. The first-order valence-corrected chi connectivity index (χ1v) is 7.69. The number of carbonyl (C=O) groups is 2. The Balaban J connectivity index is 1.95. The quantitative estimate of drug-likeness (QED) is 0.780. The summed E-state index contributed by atoms with van der Waals surface area (Å²) < 4.78 is 10.8. The lowest BCUT2D eigenvalue weighted by molar-refractivity contribution is -0.117. The molecule has 1 aromatic carbocycles. The van der Waals surface area contributed by atoms with Crippen molar-refractivity contribution in [2.45, 2.75) is 6.54 Å². The molecule has 0 aliphatic rings. The van der Waals surface area contributed by atoms with Crippen molar-refractivity contribution in [1.82, 2.24) is 4.90 Å². The van der Waals surface area contributed by atoms with Gasteiger partial charge in [-0.3, -0.25) is 9.69 Å². The number of ether oxygens (including phenoxy) is 1. The van der Waals surface area contributed by atoms with Crippen molar-refractivity contribution in [3.63, 3.8) is 0 Å². The van der Waals surface area contributed by atoms with Crippen LogP contribution < -0.4 is 5.32 Å². The minimum atomic E-state index is -0.491. The van der Waals surface area contributed by atoms with Crippen LogP contribution in [0.5, 0.6) is 0 Å². The molecule has 1 amide bonds. The number of likely N-dealkylation sites (N-methyl/N-ethyl adjacent to an activating group) is 1. The number of anilines is 1. The minimum absolute atomic E-state index is 0.161. The summed E-state index contributed by atoms with van der Waals surface area (Å²) in [5.41, 5.74) is 0.750. The zero-order valence-electron chi connectivity index (χ0n) is 12.8. The summed E-state index contributed by atoms with van der Waals surface area (Å²) in [5.74, 6) is 0.0336. The predicted molar refractivity (Wildman–Crippen MR) is 89.2 cm³/mol. The van der Waals surface area contributed by atoms with Crippen molar-refractivity contribution in [2.24, 2.45) is 0 Å². The summed E-state index contributed by atoms with van der Waals surface area (Å²) in [7, 11) is 3.11. The first kappa shape index (κ1) is 17.2. The SMILES string of the molecule is COC(=O)c1ccccc1NC(=O)CN(C)Cc1ccc(Br)o1. The number of furan rings is 1. The Hall–Kier alpha value is -2.12. The van der Waals surface area contributed by atoms with E-state index >= 15 is 0 Å². The van der Waals surface area contributed by atoms with E-state index in [0.717, 1.165) is 5.76 Å². The van der Waals surface area contributed by atoms with Gasteiger partial charge in [-0.05, 0) is 47.2 Å². The Kier molecular flexibility index (Phi) is 5.95. The molecule has 23 heavy (non-hydrogen) atoms. The van der Waals surface area contributed by atoms with Gasteiger partial charge in [-0.25, -0.2) is 4.79 Å². The monoisotopic (exact) mass is 380 g/mol. The first-order valence-electron chi connectivity index (χ1n) is 6.89. The molecule has 122 valence electrons. The Morgan fingerprint density at radius 1 is 1.26 bits per heavy atom. The van der Waals surface area contributed by atoms with Crippen LogP contribution >= 0.6 is 15.9 Å². The Morgan fingerprint density at radius 3 is 2.65 bits per heavy atom. The number of nitrogens with one attached hydrogen (secondary N) is 1. The summed E-state index contributed by atoms with van der Waals surface area (Å²) in [6, 6.07) is 10.4. The number of nitrogens with zero attached hydrogens (tertiary/aromatic N) is 1. The molecule has 6 nitrogen and oxygen atoms in total. The molecule has 2 aromatic rings. The fourth-order valence-electron chi connectivity index (χ4n) is 2.07. The second-order valence-corrected chi connectivity index (χ2v) is 5.75. The van der Waals surface area contributed by atoms with Gasteiger partial charge in [0.1, 0.15) is 5.76 Å². The van der Waals surface area contributed by atoms with Crippen LogP contribution in [0.1, 0.15) is 16.1 Å². The summed E-state index contributed by atoms with van der Waals surface area (Å²) in [4.78, 5) is 25.6. The van der Waals surface area contributed by atoms with Crippen molar-refractivity contribution in [2.75, 3.05) is 26.0 Å². The van der Waals surface area contributed by atoms with Crippen LogP contribution in [0.4, 0.5) is 5.69 Å². The van der Waals surface area contributed by atoms with E-state index in [0.29, 0.717) is 22.5 Å². The maximum absolute atomic E-state index is 12.1. The van der Waals surface area contributed by atoms with Crippen molar-refractivity contribution in [3.05, 3.63) is 52.4 Å². The maximum atomic E-state index is 12.1. The van der Waals surface area contributed by atoms with Crippen LogP contribution in [0.15, 0.2) is 45.5 Å². The van der Waals surface area contributed by atoms with Crippen LogP contribution in [0.2, 0.25) is 0 Å². The molecule has 1 N–H and O–H groups in total. The second kappa shape index (κ2) is 7.94. The number of para-hydroxylation sites is 1. The van der Waals surface area contributed by atoms with Gasteiger partial charge in [-0.2, -0.15) is 0 Å². The molecular formula is C16H17BrN2O4. The molecule has 2 rings (SSSR count). The van der Waals surface area contributed by atoms with Crippen LogP contribution in [-0.4, -0.2) is 37.5 Å². The third kappa shape index (κ3) is 4.94. The highest BCUT2D eigenvalue weighted by Gasteiger charge is 2.14. The van der Waals surface area contributed by atoms with E-state index in [1.165, 1.54) is 7.11 Å². The van der Waals surface area contributed by atoms with Crippen LogP contribution in [0.3, 0.4) is 0 Å². The average Bonchev–Trinajstić information content (AvgIpc) is 2.91. The van der Waals surface area contributed by atoms with E-state index in [1.54, 1.807) is 35.2 Å². The molecule has 0 aliphatic carbocycles. The maximum Gasteiger partial charge on any atom is 0.339 e. The Bertz CT molecular complexity index is 699. The lowest BCUT2D eigenvalue weighted by Gasteiger charge is -2.15. The van der Waals surface area contributed by atoms with Crippen molar-refractivity contribution in [3.8, 4) is 0 Å². The van der Waals surface area contributed by atoms with Gasteiger partial charge in [-0.15, -0.1) is 0 Å². The summed E-state index contributed by atoms with van der Waals surface area (Å²) in [6.45, 7) is 0.658. The highest BCUT2D eigenvalue weighted by Crippen LogP contribution is 2.17. The number of hydrogen-bond donors (Lipinski definition) is 1. The predicted octanol–water partition coefficient (Wildman–Crippen LogP) is 2.90. The fourth-order valence-corrected chi connectivity index (χ4v) is 2.41. The molecule has 0 unspecified atom stereocenters. The number of esters is 1. The molecule has 7 heteroatoms. The van der Waals surface area contributed by atoms with Crippen LogP contribution in [0, 0.1) is 0 Å². The molecule has 0 spiro atoms. The standard InChI is InChI=1S/C16H17BrN2O4/c1-19(9-11-7-8-14(17)23-11)10-15(20)18-13-6-4-3-5-12(13)16(21)22-2/h3-8H,9-10H2,1-2H3,(H,18,20). The fraction of sp³-hybridized carbons (Fsp3) is 0.250. The second-order valence-electron chi connectivity index (χ2n) is 4.96. The van der Waals surface area contributed by atoms with Crippen molar-refractivity contribution < 1.29 is 18.7 Å². The van der Waals surface area contributed by atoms with Gasteiger partial charge < -0.3 is 14.5 Å². The number of benzene rings is 1. The molecule has 1 heterocycles. The zero-order chi connectivity index (χ0) is 16.8. The van der Waals surface area contributed by atoms with Crippen molar-refractivity contribution >= 4 is 33.5 Å². The number of rotatable bonds is 6. The van der Waals surface area contributed by atoms with E-state index in [1.807, 2.05) is 13.1 Å². The largest absolute Gasteiger partial charge is 0.465 e. The normalized spacial score (nSPS) is 10.6. The van der Waals surface area contributed by atoms with E-state index in [4.69, 9.17) is 9.15 Å². The third-order valence-electron chi connectivity index (χ3n) is 3.07. The van der Waals surface area contributed by atoms with E-state index in [9.17, 15) is 9.59 Å². The number of methoxy groups -OCH3 is 1. The summed E-state index contributed by atoms with van der Waals surface area (Å²) >= 11 is 3.24. The van der Waals surface area contributed by atoms with Crippen LogP contribution in [0.25, 0.3) is 0 Å². The molecule has 0 aliphatic heterocycles. The van der Waals surface area contributed by atoms with E-state index < -0.39 is 5.97 Å². The van der Waals surface area contributed by atoms with E-state index in [2.05, 4.69) is 21.2 Å². The van der Waals surface area contributed by atoms with Gasteiger partial charge in [0.2, 0.25) is 5.91 Å². The zero-order valence-corrected chi connectivity index (χ0v) is 14.4. The molecule has 0 bridgehead atoms. The van der Waals surface area contributed by atoms with Gasteiger partial charge in [0.05, 0.1) is 31.5 Å².